The largest absolute Gasteiger partial charge is 0.497 e. The maximum Gasteiger partial charge on any atom is 0.304 e. The lowest BCUT2D eigenvalue weighted by atomic mass is 10.1. The van der Waals surface area contributed by atoms with Gasteiger partial charge >= 0.3 is 5.97 Å². The van der Waals surface area contributed by atoms with E-state index in [1.54, 1.807) is 43.5 Å². The molecule has 1 heterocycles. The molecular formula is C17H20N2O5S2. The Kier molecular flexibility index (Phi) is 6.63. The van der Waals surface area contributed by atoms with E-state index >= 15 is 0 Å². The molecule has 1 atom stereocenters. The van der Waals surface area contributed by atoms with Gasteiger partial charge in [-0.05, 0) is 43.3 Å². The number of rotatable bonds is 9. The van der Waals surface area contributed by atoms with Crippen molar-refractivity contribution in [1.82, 2.24) is 9.71 Å². The van der Waals surface area contributed by atoms with Crippen LogP contribution in [0.25, 0.3) is 0 Å². The van der Waals surface area contributed by atoms with Crippen molar-refractivity contribution in [3.05, 3.63) is 48.7 Å². The van der Waals surface area contributed by atoms with Gasteiger partial charge in [-0.2, -0.15) is 0 Å². The number of aromatic nitrogens is 1. The fourth-order valence-electron chi connectivity index (χ4n) is 2.20. The molecule has 0 fully saturated rings. The molecule has 1 aromatic carbocycles. The summed E-state index contributed by atoms with van der Waals surface area (Å²) in [7, 11) is -2.28. The van der Waals surface area contributed by atoms with Crippen molar-refractivity contribution in [2.45, 2.75) is 28.0 Å². The molecule has 0 aliphatic rings. The standard InChI is InChI=1S/C17H20N2O5S2/c1-17(11-16(20)21,25-15-5-3-4-10-18-15)12-19-26(22,23)14-8-6-13(24-2)7-9-14/h3-10,19H,11-12H2,1-2H3,(H,20,21). The maximum atomic E-state index is 12.5. The van der Waals surface area contributed by atoms with Gasteiger partial charge in [-0.15, -0.1) is 0 Å². The van der Waals surface area contributed by atoms with Crippen molar-refractivity contribution in [2.24, 2.45) is 0 Å². The predicted molar refractivity (Wildman–Crippen MR) is 98.9 cm³/mol. The van der Waals surface area contributed by atoms with Crippen LogP contribution >= 0.6 is 11.8 Å². The molecule has 2 aromatic rings. The van der Waals surface area contributed by atoms with Gasteiger partial charge in [0.25, 0.3) is 0 Å². The van der Waals surface area contributed by atoms with Gasteiger partial charge in [0.1, 0.15) is 5.75 Å². The molecule has 2 rings (SSSR count). The topological polar surface area (TPSA) is 106 Å². The number of hydrogen-bond donors (Lipinski definition) is 2. The zero-order valence-electron chi connectivity index (χ0n) is 14.4. The third kappa shape index (κ3) is 5.72. The van der Waals surface area contributed by atoms with E-state index in [1.165, 1.54) is 31.0 Å². The van der Waals surface area contributed by atoms with Crippen molar-refractivity contribution < 1.29 is 23.1 Å². The molecule has 0 radical (unpaired) electrons. The minimum atomic E-state index is -3.78. The van der Waals surface area contributed by atoms with Gasteiger partial charge in [0.2, 0.25) is 10.0 Å². The summed E-state index contributed by atoms with van der Waals surface area (Å²) >= 11 is 1.22. The summed E-state index contributed by atoms with van der Waals surface area (Å²) in [5.74, 6) is -0.468. The Morgan fingerprint density at radius 3 is 2.50 bits per heavy atom. The van der Waals surface area contributed by atoms with Gasteiger partial charge in [0, 0.05) is 17.5 Å². The molecule has 0 saturated heterocycles. The summed E-state index contributed by atoms with van der Waals surface area (Å²) in [6.07, 6.45) is 1.38. The third-order valence-corrected chi connectivity index (χ3v) is 6.17. The van der Waals surface area contributed by atoms with Crippen LogP contribution in [0.15, 0.2) is 58.6 Å². The second-order valence-corrected chi connectivity index (χ2v) is 9.17. The molecule has 0 amide bonds. The van der Waals surface area contributed by atoms with Crippen LogP contribution in [-0.4, -0.2) is 42.9 Å². The first-order valence-electron chi connectivity index (χ1n) is 7.70. The number of carbonyl (C=O) groups is 1. The van der Waals surface area contributed by atoms with Gasteiger partial charge in [-0.3, -0.25) is 4.79 Å². The second kappa shape index (κ2) is 8.52. The molecular weight excluding hydrogens is 376 g/mol. The number of methoxy groups -OCH3 is 1. The predicted octanol–water partition coefficient (Wildman–Crippen LogP) is 2.39. The Morgan fingerprint density at radius 2 is 1.96 bits per heavy atom. The average molecular weight is 396 g/mol. The zero-order chi connectivity index (χ0) is 19.2. The highest BCUT2D eigenvalue weighted by molar-refractivity contribution is 8.00. The van der Waals surface area contributed by atoms with Crippen molar-refractivity contribution >= 4 is 27.8 Å². The van der Waals surface area contributed by atoms with Crippen LogP contribution in [0, 0.1) is 0 Å². The van der Waals surface area contributed by atoms with Crippen LogP contribution in [0.3, 0.4) is 0 Å². The van der Waals surface area contributed by atoms with Gasteiger partial charge in [-0.25, -0.2) is 18.1 Å². The summed E-state index contributed by atoms with van der Waals surface area (Å²) in [4.78, 5) is 15.5. The minimum absolute atomic E-state index is 0.0606. The molecule has 0 spiro atoms. The van der Waals surface area contributed by atoms with Gasteiger partial charge in [-0.1, -0.05) is 17.8 Å². The number of nitrogens with zero attached hydrogens (tertiary/aromatic N) is 1. The molecule has 0 aliphatic carbocycles. The van der Waals surface area contributed by atoms with E-state index < -0.39 is 20.7 Å². The lowest BCUT2D eigenvalue weighted by Crippen LogP contribution is -2.40. The molecule has 0 bridgehead atoms. The number of nitrogens with one attached hydrogen (secondary N) is 1. The number of ether oxygens (including phenoxy) is 1. The summed E-state index contributed by atoms with van der Waals surface area (Å²) in [6.45, 7) is 1.63. The van der Waals surface area contributed by atoms with E-state index in [0.29, 0.717) is 10.8 Å². The van der Waals surface area contributed by atoms with Gasteiger partial charge in [0.15, 0.2) is 0 Å². The number of benzene rings is 1. The van der Waals surface area contributed by atoms with E-state index in [-0.39, 0.29) is 17.9 Å². The molecule has 1 unspecified atom stereocenters. The molecule has 9 heteroatoms. The van der Waals surface area contributed by atoms with Crippen molar-refractivity contribution in [3.63, 3.8) is 0 Å². The van der Waals surface area contributed by atoms with Crippen LogP contribution in [0.2, 0.25) is 0 Å². The number of pyridine rings is 1. The van der Waals surface area contributed by atoms with E-state index in [0.717, 1.165) is 0 Å². The molecule has 7 nitrogen and oxygen atoms in total. The first kappa shape index (κ1) is 20.2. The van der Waals surface area contributed by atoms with E-state index in [9.17, 15) is 18.3 Å². The van der Waals surface area contributed by atoms with Crippen molar-refractivity contribution in [3.8, 4) is 5.75 Å². The van der Waals surface area contributed by atoms with Crippen molar-refractivity contribution in [1.29, 1.82) is 0 Å². The third-order valence-electron chi connectivity index (χ3n) is 3.52. The Labute approximate surface area is 156 Å². The fraction of sp³-hybridized carbons (Fsp3) is 0.294. The summed E-state index contributed by atoms with van der Waals surface area (Å²) < 4.78 is 31.6. The number of carboxylic acids is 1. The molecule has 140 valence electrons. The molecule has 2 N–H and O–H groups in total. The van der Waals surface area contributed by atoms with Crippen molar-refractivity contribution in [2.75, 3.05) is 13.7 Å². The van der Waals surface area contributed by atoms with E-state index in [4.69, 9.17) is 4.74 Å². The van der Waals surface area contributed by atoms with Crippen LogP contribution in [0.1, 0.15) is 13.3 Å². The number of hydrogen-bond acceptors (Lipinski definition) is 6. The Morgan fingerprint density at radius 1 is 1.27 bits per heavy atom. The maximum absolute atomic E-state index is 12.5. The SMILES string of the molecule is COc1ccc(S(=O)(=O)NCC(C)(CC(=O)O)Sc2ccccn2)cc1. The second-order valence-electron chi connectivity index (χ2n) is 5.79. The van der Waals surface area contributed by atoms with Crippen LogP contribution in [0.4, 0.5) is 0 Å². The number of sulfonamides is 1. The van der Waals surface area contributed by atoms with Crippen LogP contribution < -0.4 is 9.46 Å². The van der Waals surface area contributed by atoms with Crippen LogP contribution in [-0.2, 0) is 14.8 Å². The average Bonchev–Trinajstić information content (AvgIpc) is 2.60. The van der Waals surface area contributed by atoms with E-state index in [2.05, 4.69) is 9.71 Å². The highest BCUT2D eigenvalue weighted by Gasteiger charge is 2.31. The summed E-state index contributed by atoms with van der Waals surface area (Å²) in [6, 6.07) is 11.3. The molecule has 0 aliphatic heterocycles. The van der Waals surface area contributed by atoms with Gasteiger partial charge in [0.05, 0.1) is 23.5 Å². The number of aliphatic carboxylic acids is 1. The molecule has 26 heavy (non-hydrogen) atoms. The van der Waals surface area contributed by atoms with Gasteiger partial charge < -0.3 is 9.84 Å². The zero-order valence-corrected chi connectivity index (χ0v) is 16.0. The van der Waals surface area contributed by atoms with E-state index in [1.807, 2.05) is 0 Å². The highest BCUT2D eigenvalue weighted by atomic mass is 32.2. The monoisotopic (exact) mass is 396 g/mol. The number of thioether (sulfide) groups is 1. The lowest BCUT2D eigenvalue weighted by molar-refractivity contribution is -0.137. The molecule has 0 saturated carbocycles. The fourth-order valence-corrected chi connectivity index (χ4v) is 4.57. The first-order valence-corrected chi connectivity index (χ1v) is 10.00. The van der Waals surface area contributed by atoms with Crippen LogP contribution in [0.5, 0.6) is 5.75 Å². The minimum Gasteiger partial charge on any atom is -0.497 e. The summed E-state index contributed by atoms with van der Waals surface area (Å²) in [5.41, 5.74) is 0. The Hall–Kier alpha value is -2.10. The Balaban J connectivity index is 2.15. The highest BCUT2D eigenvalue weighted by Crippen LogP contribution is 2.34. The smallest absolute Gasteiger partial charge is 0.304 e. The number of carboxylic acid groups (broad SMARTS) is 1. The quantitative estimate of drug-likeness (QED) is 0.627. The Bertz CT molecular complexity index is 841. The summed E-state index contributed by atoms with van der Waals surface area (Å²) in [5, 5.41) is 9.83. The lowest BCUT2D eigenvalue weighted by Gasteiger charge is -2.27. The molecule has 1 aromatic heterocycles. The first-order chi connectivity index (χ1) is 12.2. The normalized spacial score (nSPS) is 13.8.